The molecule has 29 heavy (non-hydrogen) atoms. The first kappa shape index (κ1) is 19.9. The van der Waals surface area contributed by atoms with Crippen LogP contribution in [0, 0.1) is 5.82 Å². The minimum absolute atomic E-state index is 0.144. The van der Waals surface area contributed by atoms with Crippen molar-refractivity contribution >= 4 is 17.7 Å². The number of hydrogen-bond donors (Lipinski definition) is 0. The van der Waals surface area contributed by atoms with E-state index in [1.54, 1.807) is 48.5 Å². The van der Waals surface area contributed by atoms with Gasteiger partial charge in [0.25, 0.3) is 0 Å². The van der Waals surface area contributed by atoms with Crippen LogP contribution in [0.4, 0.5) is 4.39 Å². The summed E-state index contributed by atoms with van der Waals surface area (Å²) in [5.74, 6) is -1.60. The maximum Gasteiger partial charge on any atom is 0.338 e. The molecule has 0 amide bonds. The van der Waals surface area contributed by atoms with Crippen LogP contribution in [0.2, 0.25) is 0 Å². The molecule has 0 heterocycles. The quantitative estimate of drug-likeness (QED) is 0.352. The number of Topliss-reactive ketones (excluding diaryl/α,β-unsaturated/α-hetero) is 1. The summed E-state index contributed by atoms with van der Waals surface area (Å²) in [5.41, 5.74) is 2.16. The molecule has 6 heteroatoms. The minimum atomic E-state index is -0.647. The summed E-state index contributed by atoms with van der Waals surface area (Å²) in [6, 6.07) is 18.8. The standard InChI is InChI=1S/C23H17FO5/c1-15(25)29-21-11-9-17(10-12-21)16-5-7-18(8-6-16)23(27)28-14-22(26)19-3-2-4-20(24)13-19/h2-13H,14H2,1H3. The topological polar surface area (TPSA) is 69.7 Å². The highest BCUT2D eigenvalue weighted by Crippen LogP contribution is 2.23. The van der Waals surface area contributed by atoms with Gasteiger partial charge < -0.3 is 9.47 Å². The average molecular weight is 392 g/mol. The van der Waals surface area contributed by atoms with Crippen LogP contribution in [-0.2, 0) is 9.53 Å². The minimum Gasteiger partial charge on any atom is -0.454 e. The molecule has 0 radical (unpaired) electrons. The van der Waals surface area contributed by atoms with Crippen molar-refractivity contribution in [2.75, 3.05) is 6.61 Å². The van der Waals surface area contributed by atoms with Crippen molar-refractivity contribution in [3.05, 3.63) is 89.7 Å². The molecule has 3 aromatic carbocycles. The van der Waals surface area contributed by atoms with E-state index in [9.17, 15) is 18.8 Å². The second-order valence-corrected chi connectivity index (χ2v) is 6.21. The highest BCUT2D eigenvalue weighted by Gasteiger charge is 2.12. The van der Waals surface area contributed by atoms with Gasteiger partial charge in [-0.15, -0.1) is 0 Å². The van der Waals surface area contributed by atoms with Gasteiger partial charge in [0.15, 0.2) is 12.4 Å². The van der Waals surface area contributed by atoms with Crippen molar-refractivity contribution in [1.29, 1.82) is 0 Å². The number of carbonyl (C=O) groups excluding carboxylic acids is 3. The molecular weight excluding hydrogens is 375 g/mol. The van der Waals surface area contributed by atoms with E-state index in [4.69, 9.17) is 9.47 Å². The van der Waals surface area contributed by atoms with Crippen LogP contribution in [-0.4, -0.2) is 24.3 Å². The zero-order chi connectivity index (χ0) is 20.8. The monoisotopic (exact) mass is 392 g/mol. The molecular formula is C23H17FO5. The molecule has 0 aliphatic heterocycles. The first-order valence-corrected chi connectivity index (χ1v) is 8.77. The van der Waals surface area contributed by atoms with Crippen molar-refractivity contribution in [2.45, 2.75) is 6.92 Å². The Balaban J connectivity index is 1.61. The van der Waals surface area contributed by atoms with Gasteiger partial charge in [-0.2, -0.15) is 0 Å². The van der Waals surface area contributed by atoms with Crippen LogP contribution in [0.1, 0.15) is 27.6 Å². The number of halogens is 1. The van der Waals surface area contributed by atoms with Crippen LogP contribution >= 0.6 is 0 Å². The third kappa shape index (κ3) is 5.35. The average Bonchev–Trinajstić information content (AvgIpc) is 2.72. The molecule has 0 N–H and O–H groups in total. The normalized spacial score (nSPS) is 10.3. The zero-order valence-electron chi connectivity index (χ0n) is 15.6. The molecule has 0 bridgehead atoms. The highest BCUT2D eigenvalue weighted by molar-refractivity contribution is 5.99. The Bertz CT molecular complexity index is 1040. The summed E-state index contributed by atoms with van der Waals surface area (Å²) in [6.45, 7) is 0.860. The van der Waals surface area contributed by atoms with Gasteiger partial charge in [-0.05, 0) is 47.5 Å². The van der Waals surface area contributed by atoms with Gasteiger partial charge in [-0.3, -0.25) is 9.59 Å². The predicted molar refractivity (Wildman–Crippen MR) is 104 cm³/mol. The Kier molecular flexibility index (Phi) is 6.14. The molecule has 0 saturated carbocycles. The smallest absolute Gasteiger partial charge is 0.338 e. The van der Waals surface area contributed by atoms with Crippen LogP contribution in [0.5, 0.6) is 5.75 Å². The summed E-state index contributed by atoms with van der Waals surface area (Å²) in [4.78, 5) is 35.1. The Morgan fingerprint density at radius 1 is 0.828 bits per heavy atom. The van der Waals surface area contributed by atoms with E-state index >= 15 is 0 Å². The van der Waals surface area contributed by atoms with E-state index in [1.165, 1.54) is 25.1 Å². The van der Waals surface area contributed by atoms with Crippen molar-refractivity contribution in [1.82, 2.24) is 0 Å². The van der Waals surface area contributed by atoms with E-state index in [0.717, 1.165) is 17.2 Å². The molecule has 146 valence electrons. The number of rotatable bonds is 6. The number of carbonyl (C=O) groups is 3. The van der Waals surface area contributed by atoms with E-state index < -0.39 is 30.1 Å². The van der Waals surface area contributed by atoms with Crippen molar-refractivity contribution in [3.8, 4) is 16.9 Å². The molecule has 3 aromatic rings. The first-order valence-electron chi connectivity index (χ1n) is 8.77. The SMILES string of the molecule is CC(=O)Oc1ccc(-c2ccc(C(=O)OCC(=O)c3cccc(F)c3)cc2)cc1. The third-order valence-electron chi connectivity index (χ3n) is 4.05. The van der Waals surface area contributed by atoms with Crippen LogP contribution < -0.4 is 4.74 Å². The number of ketones is 1. The predicted octanol–water partition coefficient (Wildman–Crippen LogP) is 4.46. The third-order valence-corrected chi connectivity index (χ3v) is 4.05. The molecule has 0 aliphatic carbocycles. The number of ether oxygens (including phenoxy) is 2. The fourth-order valence-corrected chi connectivity index (χ4v) is 2.64. The van der Waals surface area contributed by atoms with E-state index in [-0.39, 0.29) is 11.1 Å². The van der Waals surface area contributed by atoms with Gasteiger partial charge in [-0.25, -0.2) is 9.18 Å². The summed E-state index contributed by atoms with van der Waals surface area (Å²) in [5, 5.41) is 0. The van der Waals surface area contributed by atoms with Crippen molar-refractivity contribution < 1.29 is 28.2 Å². The summed E-state index contributed by atoms with van der Waals surface area (Å²) < 4.78 is 23.2. The van der Waals surface area contributed by atoms with E-state index in [1.807, 2.05) is 0 Å². The Labute approximate surface area is 166 Å². The number of benzene rings is 3. The first-order chi connectivity index (χ1) is 13.9. The lowest BCUT2D eigenvalue weighted by Crippen LogP contribution is -2.14. The second kappa shape index (κ2) is 8.93. The lowest BCUT2D eigenvalue weighted by Gasteiger charge is -2.07. The lowest BCUT2D eigenvalue weighted by molar-refractivity contribution is -0.131. The molecule has 0 spiro atoms. The Hall–Kier alpha value is -3.80. The highest BCUT2D eigenvalue weighted by atomic mass is 19.1. The van der Waals surface area contributed by atoms with Gasteiger partial charge in [0.2, 0.25) is 0 Å². The number of hydrogen-bond acceptors (Lipinski definition) is 5. The fourth-order valence-electron chi connectivity index (χ4n) is 2.64. The van der Waals surface area contributed by atoms with Crippen LogP contribution in [0.3, 0.4) is 0 Å². The molecule has 0 unspecified atom stereocenters. The van der Waals surface area contributed by atoms with E-state index in [2.05, 4.69) is 0 Å². The maximum atomic E-state index is 13.2. The summed E-state index contributed by atoms with van der Waals surface area (Å²) in [6.07, 6.45) is 0. The molecule has 3 rings (SSSR count). The van der Waals surface area contributed by atoms with Gasteiger partial charge in [0.1, 0.15) is 11.6 Å². The lowest BCUT2D eigenvalue weighted by atomic mass is 10.0. The summed E-state index contributed by atoms with van der Waals surface area (Å²) >= 11 is 0. The molecule has 0 aromatic heterocycles. The molecule has 0 atom stereocenters. The Morgan fingerprint density at radius 3 is 2.03 bits per heavy atom. The molecule has 0 fully saturated rings. The van der Waals surface area contributed by atoms with Crippen LogP contribution in [0.15, 0.2) is 72.8 Å². The summed E-state index contributed by atoms with van der Waals surface area (Å²) in [7, 11) is 0. The van der Waals surface area contributed by atoms with Crippen molar-refractivity contribution in [3.63, 3.8) is 0 Å². The van der Waals surface area contributed by atoms with Crippen molar-refractivity contribution in [2.24, 2.45) is 0 Å². The van der Waals surface area contributed by atoms with Gasteiger partial charge >= 0.3 is 11.9 Å². The molecule has 0 saturated heterocycles. The van der Waals surface area contributed by atoms with Gasteiger partial charge in [0, 0.05) is 12.5 Å². The zero-order valence-corrected chi connectivity index (χ0v) is 15.6. The Morgan fingerprint density at radius 2 is 1.45 bits per heavy atom. The van der Waals surface area contributed by atoms with Gasteiger partial charge in [-0.1, -0.05) is 36.4 Å². The fraction of sp³-hybridized carbons (Fsp3) is 0.0870. The second-order valence-electron chi connectivity index (χ2n) is 6.21. The molecule has 5 nitrogen and oxygen atoms in total. The van der Waals surface area contributed by atoms with Gasteiger partial charge in [0.05, 0.1) is 5.56 Å². The van der Waals surface area contributed by atoms with Crippen LogP contribution in [0.25, 0.3) is 11.1 Å². The number of esters is 2. The largest absolute Gasteiger partial charge is 0.454 e. The molecule has 0 aliphatic rings. The maximum absolute atomic E-state index is 13.2. The van der Waals surface area contributed by atoms with E-state index in [0.29, 0.717) is 5.75 Å².